The van der Waals surface area contributed by atoms with Crippen LogP contribution in [0.3, 0.4) is 0 Å². The van der Waals surface area contributed by atoms with Gasteiger partial charge in [0.15, 0.2) is 11.5 Å². The molecule has 5 heteroatoms. The summed E-state index contributed by atoms with van der Waals surface area (Å²) >= 11 is 0. The minimum absolute atomic E-state index is 0.334. The van der Waals surface area contributed by atoms with Crippen LogP contribution >= 0.6 is 0 Å². The van der Waals surface area contributed by atoms with Gasteiger partial charge in [-0.3, -0.25) is 0 Å². The lowest BCUT2D eigenvalue weighted by Gasteiger charge is -2.17. The number of hydrogen-bond donors (Lipinski definition) is 0. The Bertz CT molecular complexity index is 510. The van der Waals surface area contributed by atoms with E-state index in [0.717, 1.165) is 31.6 Å². The molecule has 0 saturated carbocycles. The van der Waals surface area contributed by atoms with Crippen molar-refractivity contribution in [1.82, 2.24) is 4.90 Å². The van der Waals surface area contributed by atoms with Crippen molar-refractivity contribution in [2.24, 2.45) is 0 Å². The Kier molecular flexibility index (Phi) is 8.83. The van der Waals surface area contributed by atoms with E-state index in [4.69, 9.17) is 14.2 Å². The fraction of sp³-hybridized carbons (Fsp3) is 0.500. The zero-order chi connectivity index (χ0) is 17.1. The summed E-state index contributed by atoms with van der Waals surface area (Å²) in [5, 5.41) is 0. The predicted molar refractivity (Wildman–Crippen MR) is 91.9 cm³/mol. The molecule has 0 bridgehead atoms. The Balaban J connectivity index is 2.43. The van der Waals surface area contributed by atoms with E-state index < -0.39 is 0 Å². The number of methoxy groups -OCH3 is 2. The first kappa shape index (κ1) is 19.0. The highest BCUT2D eigenvalue weighted by molar-refractivity contribution is 5.87. The van der Waals surface area contributed by atoms with Crippen LogP contribution in [0.1, 0.15) is 25.8 Å². The van der Waals surface area contributed by atoms with Gasteiger partial charge in [-0.25, -0.2) is 4.79 Å². The van der Waals surface area contributed by atoms with Crippen molar-refractivity contribution in [3.05, 3.63) is 29.8 Å². The molecule has 0 aliphatic carbocycles. The lowest BCUT2D eigenvalue weighted by atomic mass is 10.2. The zero-order valence-corrected chi connectivity index (χ0v) is 14.5. The van der Waals surface area contributed by atoms with Gasteiger partial charge in [-0.2, -0.15) is 0 Å². The van der Waals surface area contributed by atoms with Crippen LogP contribution in [0.5, 0.6) is 11.5 Å². The summed E-state index contributed by atoms with van der Waals surface area (Å²) in [5.41, 5.74) is 0.850. The summed E-state index contributed by atoms with van der Waals surface area (Å²) in [7, 11) is 3.17. The van der Waals surface area contributed by atoms with Gasteiger partial charge >= 0.3 is 5.97 Å². The van der Waals surface area contributed by atoms with Crippen molar-refractivity contribution in [2.45, 2.75) is 20.3 Å². The molecule has 0 amide bonds. The maximum Gasteiger partial charge on any atom is 0.330 e. The second-order valence-electron chi connectivity index (χ2n) is 5.00. The topological polar surface area (TPSA) is 48.0 Å². The molecule has 0 saturated heterocycles. The smallest absolute Gasteiger partial charge is 0.330 e. The van der Waals surface area contributed by atoms with Gasteiger partial charge in [-0.1, -0.05) is 19.9 Å². The summed E-state index contributed by atoms with van der Waals surface area (Å²) < 4.78 is 15.6. The van der Waals surface area contributed by atoms with Crippen molar-refractivity contribution in [3.63, 3.8) is 0 Å². The Labute approximate surface area is 138 Å². The first-order valence-electron chi connectivity index (χ1n) is 7.93. The van der Waals surface area contributed by atoms with Crippen molar-refractivity contribution in [1.29, 1.82) is 0 Å². The number of carbonyl (C=O) groups is 1. The number of ether oxygens (including phenoxy) is 3. The van der Waals surface area contributed by atoms with Crippen LogP contribution in [0.2, 0.25) is 0 Å². The molecule has 0 atom stereocenters. The molecule has 1 aromatic carbocycles. The van der Waals surface area contributed by atoms with E-state index in [-0.39, 0.29) is 5.97 Å². The number of nitrogens with zero attached hydrogens (tertiary/aromatic N) is 1. The molecule has 1 rings (SSSR count). The third-order valence-electron chi connectivity index (χ3n) is 3.58. The van der Waals surface area contributed by atoms with Crippen LogP contribution in [-0.4, -0.2) is 51.3 Å². The van der Waals surface area contributed by atoms with Crippen molar-refractivity contribution in [3.8, 4) is 11.5 Å². The van der Waals surface area contributed by atoms with Gasteiger partial charge in [0, 0.05) is 12.6 Å². The second-order valence-corrected chi connectivity index (χ2v) is 5.00. The number of esters is 1. The van der Waals surface area contributed by atoms with E-state index in [1.807, 2.05) is 12.1 Å². The van der Waals surface area contributed by atoms with Crippen molar-refractivity contribution >= 4 is 12.0 Å². The van der Waals surface area contributed by atoms with Gasteiger partial charge in [-0.15, -0.1) is 0 Å². The Hall–Kier alpha value is -2.01. The van der Waals surface area contributed by atoms with E-state index in [1.165, 1.54) is 6.08 Å². The summed E-state index contributed by atoms with van der Waals surface area (Å²) in [5.74, 6) is 0.949. The predicted octanol–water partition coefficient (Wildman–Crippen LogP) is 2.99. The molecule has 0 aliphatic rings. The molecule has 0 unspecified atom stereocenters. The molecule has 23 heavy (non-hydrogen) atoms. The molecule has 0 heterocycles. The Morgan fingerprint density at radius 3 is 2.43 bits per heavy atom. The van der Waals surface area contributed by atoms with Crippen LogP contribution in [0, 0.1) is 0 Å². The van der Waals surface area contributed by atoms with Crippen LogP contribution in [0.4, 0.5) is 0 Å². The molecule has 0 spiro atoms. The molecule has 0 radical (unpaired) electrons. The maximum absolute atomic E-state index is 11.7. The minimum Gasteiger partial charge on any atom is -0.493 e. The monoisotopic (exact) mass is 321 g/mol. The van der Waals surface area contributed by atoms with Gasteiger partial charge in [0.2, 0.25) is 0 Å². The highest BCUT2D eigenvalue weighted by Gasteiger charge is 2.04. The van der Waals surface area contributed by atoms with Gasteiger partial charge in [0.05, 0.1) is 20.8 Å². The molecular formula is C18H27NO4. The average molecular weight is 321 g/mol. The average Bonchev–Trinajstić information content (AvgIpc) is 2.59. The molecule has 0 N–H and O–H groups in total. The summed E-state index contributed by atoms with van der Waals surface area (Å²) in [6.07, 6.45) is 3.98. The first-order valence-corrected chi connectivity index (χ1v) is 7.93. The highest BCUT2D eigenvalue weighted by atomic mass is 16.5. The molecule has 5 nitrogen and oxygen atoms in total. The Morgan fingerprint density at radius 2 is 1.83 bits per heavy atom. The Morgan fingerprint density at radius 1 is 1.13 bits per heavy atom. The van der Waals surface area contributed by atoms with E-state index in [0.29, 0.717) is 18.1 Å². The number of benzene rings is 1. The van der Waals surface area contributed by atoms with Gasteiger partial charge in [0.1, 0.15) is 0 Å². The highest BCUT2D eigenvalue weighted by Crippen LogP contribution is 2.27. The van der Waals surface area contributed by atoms with Crippen molar-refractivity contribution < 1.29 is 19.0 Å². The second kappa shape index (κ2) is 10.7. The summed E-state index contributed by atoms with van der Waals surface area (Å²) in [6, 6.07) is 5.46. The fourth-order valence-electron chi connectivity index (χ4n) is 2.17. The SMILES string of the molecule is CCN(CC)CCCOC(=O)C=Cc1ccc(OC)c(OC)c1. The van der Waals surface area contributed by atoms with E-state index in [2.05, 4.69) is 18.7 Å². The normalized spacial score (nSPS) is 11.0. The maximum atomic E-state index is 11.7. The molecule has 1 aromatic rings. The van der Waals surface area contributed by atoms with Gasteiger partial charge < -0.3 is 19.1 Å². The number of hydrogen-bond acceptors (Lipinski definition) is 5. The minimum atomic E-state index is -0.334. The lowest BCUT2D eigenvalue weighted by molar-refractivity contribution is -0.137. The van der Waals surface area contributed by atoms with Gasteiger partial charge in [-0.05, 0) is 43.3 Å². The quantitative estimate of drug-likeness (QED) is 0.377. The standard InChI is InChI=1S/C18H27NO4/c1-5-19(6-2)12-7-13-23-18(20)11-9-15-8-10-16(21-3)17(14-15)22-4/h8-11,14H,5-7,12-13H2,1-4H3. The third kappa shape index (κ3) is 6.74. The first-order chi connectivity index (χ1) is 11.1. The lowest BCUT2D eigenvalue weighted by Crippen LogP contribution is -2.25. The van der Waals surface area contributed by atoms with Crippen LogP contribution in [-0.2, 0) is 9.53 Å². The molecule has 0 fully saturated rings. The number of rotatable bonds is 10. The fourth-order valence-corrected chi connectivity index (χ4v) is 2.17. The van der Waals surface area contributed by atoms with Crippen molar-refractivity contribution in [2.75, 3.05) is 40.5 Å². The van der Waals surface area contributed by atoms with E-state index >= 15 is 0 Å². The third-order valence-corrected chi connectivity index (χ3v) is 3.58. The molecule has 128 valence electrons. The van der Waals surface area contributed by atoms with E-state index in [9.17, 15) is 4.79 Å². The molecular weight excluding hydrogens is 294 g/mol. The van der Waals surface area contributed by atoms with Crippen LogP contribution < -0.4 is 9.47 Å². The number of carbonyl (C=O) groups excluding carboxylic acids is 1. The largest absolute Gasteiger partial charge is 0.493 e. The summed E-state index contributed by atoms with van der Waals surface area (Å²) in [6.45, 7) is 7.67. The van der Waals surface area contributed by atoms with Crippen LogP contribution in [0.15, 0.2) is 24.3 Å². The zero-order valence-electron chi connectivity index (χ0n) is 14.5. The molecule has 0 aliphatic heterocycles. The summed E-state index contributed by atoms with van der Waals surface area (Å²) in [4.78, 5) is 14.0. The van der Waals surface area contributed by atoms with Gasteiger partial charge in [0.25, 0.3) is 0 Å². The van der Waals surface area contributed by atoms with E-state index in [1.54, 1.807) is 26.4 Å². The molecule has 0 aromatic heterocycles. The van der Waals surface area contributed by atoms with Crippen LogP contribution in [0.25, 0.3) is 6.08 Å².